The van der Waals surface area contributed by atoms with E-state index in [1.165, 1.54) is 83.5 Å². The first-order valence-corrected chi connectivity index (χ1v) is 12.1. The van der Waals surface area contributed by atoms with Gasteiger partial charge in [0.05, 0.1) is 6.61 Å². The summed E-state index contributed by atoms with van der Waals surface area (Å²) in [5.41, 5.74) is -1.26. The van der Waals surface area contributed by atoms with Crippen LogP contribution in [-0.4, -0.2) is 19.4 Å². The van der Waals surface area contributed by atoms with Crippen LogP contribution in [0.15, 0.2) is 0 Å². The van der Waals surface area contributed by atoms with Crippen LogP contribution in [0, 0.1) is 0 Å². The molecule has 0 aliphatic heterocycles. The minimum atomic E-state index is -4.47. The summed E-state index contributed by atoms with van der Waals surface area (Å²) in [7, 11) is -3.50. The molecule has 0 aromatic rings. The van der Waals surface area contributed by atoms with Crippen LogP contribution in [-0.2, 0) is 13.8 Å². The summed E-state index contributed by atoms with van der Waals surface area (Å²) in [5.74, 6) is 0. The van der Waals surface area contributed by atoms with Gasteiger partial charge in [-0.2, -0.15) is 0 Å². The molecule has 0 aromatic heterocycles. The Labute approximate surface area is 189 Å². The Bertz CT molecular complexity index is 379. The van der Waals surface area contributed by atoms with Crippen molar-refractivity contribution in [1.29, 1.82) is 0 Å². The molecule has 0 aliphatic rings. The third kappa shape index (κ3) is 19.7. The Morgan fingerprint density at radius 2 is 1.07 bits per heavy atom. The number of ether oxygens (including phenoxy) is 1. The maximum Gasteiger partial charge on any atom is 1.00 e. The van der Waals surface area contributed by atoms with E-state index in [0.717, 1.165) is 20.0 Å². The van der Waals surface area contributed by atoms with Gasteiger partial charge in [0.15, 0.2) is 0 Å². The third-order valence-corrected chi connectivity index (χ3v) is 5.74. The normalized spacial score (nSPS) is 13.0. The average Bonchev–Trinajstić information content (AvgIpc) is 2.64. The molecule has 5 nitrogen and oxygen atoms in total. The van der Waals surface area contributed by atoms with Crippen LogP contribution in [0.4, 0.5) is 4.79 Å². The standard InChI is InChI=1S/C20H41O5P.Na/c1-3-4-5-6-7-8-9-10-11-12-13-14-15-16-17-18-19-25-20(21)26(22,23)24-2;/h3-19H2,1-2H3,(H,22,23);/q;+1/p-1. The van der Waals surface area contributed by atoms with Gasteiger partial charge in [0.1, 0.15) is 0 Å². The molecule has 0 heterocycles. The molecular formula is C20H40NaO5P. The summed E-state index contributed by atoms with van der Waals surface area (Å²) in [4.78, 5) is 22.2. The zero-order valence-electron chi connectivity index (χ0n) is 18.0. The van der Waals surface area contributed by atoms with Gasteiger partial charge in [-0.3, -0.25) is 4.57 Å². The number of rotatable bonds is 19. The molecule has 0 saturated carbocycles. The molecule has 0 rings (SSSR count). The van der Waals surface area contributed by atoms with Gasteiger partial charge in [0.2, 0.25) is 7.60 Å². The fourth-order valence-corrected chi connectivity index (χ4v) is 3.36. The van der Waals surface area contributed by atoms with Gasteiger partial charge in [0.25, 0.3) is 0 Å². The van der Waals surface area contributed by atoms with Crippen LogP contribution in [0.1, 0.15) is 110 Å². The Hall–Kier alpha value is 0.620. The van der Waals surface area contributed by atoms with Crippen LogP contribution < -0.4 is 34.5 Å². The number of hydrogen-bond donors (Lipinski definition) is 0. The number of carbonyl (C=O) groups is 1. The topological polar surface area (TPSA) is 75.7 Å². The maximum absolute atomic E-state index is 11.1. The van der Waals surface area contributed by atoms with Gasteiger partial charge in [-0.15, -0.1) is 0 Å². The van der Waals surface area contributed by atoms with E-state index in [1.54, 1.807) is 0 Å². The largest absolute Gasteiger partial charge is 1.00 e. The van der Waals surface area contributed by atoms with Crippen molar-refractivity contribution in [3.8, 4) is 0 Å². The molecule has 0 radical (unpaired) electrons. The van der Waals surface area contributed by atoms with E-state index in [4.69, 9.17) is 0 Å². The summed E-state index contributed by atoms with van der Waals surface area (Å²) >= 11 is 0. The van der Waals surface area contributed by atoms with E-state index < -0.39 is 13.3 Å². The van der Waals surface area contributed by atoms with Crippen LogP contribution >= 0.6 is 7.60 Å². The minimum absolute atomic E-state index is 0. The van der Waals surface area contributed by atoms with E-state index in [-0.39, 0.29) is 36.2 Å². The van der Waals surface area contributed by atoms with Crippen molar-refractivity contribution in [2.75, 3.05) is 13.7 Å². The molecule has 0 saturated heterocycles. The molecule has 0 spiro atoms. The quantitative estimate of drug-likeness (QED) is 0.183. The molecule has 1 atom stereocenters. The van der Waals surface area contributed by atoms with Crippen LogP contribution in [0.25, 0.3) is 0 Å². The molecular weight excluding hydrogens is 374 g/mol. The van der Waals surface area contributed by atoms with Gasteiger partial charge in [-0.05, 0) is 6.42 Å². The third-order valence-electron chi connectivity index (χ3n) is 4.69. The first-order chi connectivity index (χ1) is 12.5. The predicted molar refractivity (Wildman–Crippen MR) is 106 cm³/mol. The summed E-state index contributed by atoms with van der Waals surface area (Å²) in [6.45, 7) is 2.41. The van der Waals surface area contributed by atoms with Crippen molar-refractivity contribution in [2.24, 2.45) is 0 Å². The molecule has 0 N–H and O–H groups in total. The van der Waals surface area contributed by atoms with Crippen molar-refractivity contribution in [3.63, 3.8) is 0 Å². The zero-order chi connectivity index (χ0) is 19.5. The molecule has 0 fully saturated rings. The number of carbonyl (C=O) groups excluding carboxylic acids is 1. The van der Waals surface area contributed by atoms with Crippen molar-refractivity contribution < 1.29 is 53.1 Å². The Kier molecular flexibility index (Phi) is 23.6. The Morgan fingerprint density at radius 3 is 1.41 bits per heavy atom. The second kappa shape index (κ2) is 21.3. The maximum atomic E-state index is 11.1. The van der Waals surface area contributed by atoms with Gasteiger partial charge < -0.3 is 14.2 Å². The summed E-state index contributed by atoms with van der Waals surface area (Å²) in [6, 6.07) is 0. The van der Waals surface area contributed by atoms with Crippen LogP contribution in [0.2, 0.25) is 0 Å². The van der Waals surface area contributed by atoms with E-state index >= 15 is 0 Å². The SMILES string of the molecule is CCCCCCCCCCCCCCCCCCOC(=O)P(=O)([O-])OC.[Na+]. The fraction of sp³-hybridized carbons (Fsp3) is 0.950. The zero-order valence-corrected chi connectivity index (χ0v) is 20.9. The first-order valence-electron chi connectivity index (χ1n) is 10.6. The summed E-state index contributed by atoms with van der Waals surface area (Å²) < 4.78 is 19.8. The smallest absolute Gasteiger partial charge is 0.770 e. The molecule has 0 bridgehead atoms. The van der Waals surface area contributed by atoms with Gasteiger partial charge >= 0.3 is 35.3 Å². The van der Waals surface area contributed by atoms with E-state index in [0.29, 0.717) is 6.42 Å². The molecule has 27 heavy (non-hydrogen) atoms. The monoisotopic (exact) mass is 414 g/mol. The Morgan fingerprint density at radius 1 is 0.741 bits per heavy atom. The molecule has 156 valence electrons. The first kappa shape index (κ1) is 29.8. The second-order valence-electron chi connectivity index (χ2n) is 7.10. The van der Waals surface area contributed by atoms with Crippen molar-refractivity contribution in [1.82, 2.24) is 0 Å². The molecule has 0 aromatic carbocycles. The molecule has 7 heteroatoms. The second-order valence-corrected chi connectivity index (χ2v) is 8.82. The number of unbranched alkanes of at least 4 members (excludes halogenated alkanes) is 15. The summed E-state index contributed by atoms with van der Waals surface area (Å²) in [5, 5.41) is 0. The fourth-order valence-electron chi connectivity index (χ4n) is 2.96. The van der Waals surface area contributed by atoms with Crippen LogP contribution in [0.5, 0.6) is 0 Å². The van der Waals surface area contributed by atoms with Gasteiger partial charge in [-0.1, -0.05) is 103 Å². The van der Waals surface area contributed by atoms with Gasteiger partial charge in [0, 0.05) is 7.11 Å². The van der Waals surface area contributed by atoms with E-state index in [2.05, 4.69) is 16.2 Å². The minimum Gasteiger partial charge on any atom is -0.770 e. The Balaban J connectivity index is 0. The van der Waals surface area contributed by atoms with Crippen molar-refractivity contribution >= 4 is 13.3 Å². The van der Waals surface area contributed by atoms with Crippen molar-refractivity contribution in [3.05, 3.63) is 0 Å². The average molecular weight is 414 g/mol. The van der Waals surface area contributed by atoms with E-state index in [1.807, 2.05) is 0 Å². The molecule has 1 unspecified atom stereocenters. The summed E-state index contributed by atoms with van der Waals surface area (Å²) in [6.07, 6.45) is 20.3. The van der Waals surface area contributed by atoms with Crippen molar-refractivity contribution in [2.45, 2.75) is 110 Å². The van der Waals surface area contributed by atoms with Crippen LogP contribution in [0.3, 0.4) is 0 Å². The predicted octanol–water partition coefficient (Wildman–Crippen LogP) is 3.59. The molecule has 0 amide bonds. The number of hydrogen-bond acceptors (Lipinski definition) is 5. The molecule has 0 aliphatic carbocycles. The van der Waals surface area contributed by atoms with E-state index in [9.17, 15) is 14.3 Å². The van der Waals surface area contributed by atoms with Gasteiger partial charge in [-0.25, -0.2) is 4.79 Å².